The average molecular weight is 558 g/mol. The van der Waals surface area contributed by atoms with Crippen LogP contribution >= 0.6 is 0 Å². The average Bonchev–Trinajstić information content (AvgIpc) is 3.52. The maximum atomic E-state index is 14.9. The summed E-state index contributed by atoms with van der Waals surface area (Å²) in [5, 5.41) is 3.06. The number of methoxy groups -OCH3 is 2. The quantitative estimate of drug-likeness (QED) is 0.330. The van der Waals surface area contributed by atoms with Crippen molar-refractivity contribution in [3.8, 4) is 11.5 Å². The minimum atomic E-state index is -1.42. The molecule has 8 nitrogen and oxygen atoms in total. The molecule has 7 rings (SSSR count). The summed E-state index contributed by atoms with van der Waals surface area (Å²) in [5.41, 5.74) is 2.23. The van der Waals surface area contributed by atoms with Crippen LogP contribution in [0.25, 0.3) is 6.08 Å². The van der Waals surface area contributed by atoms with Crippen molar-refractivity contribution in [1.82, 2.24) is 9.88 Å². The Bertz CT molecular complexity index is 1790. The number of Topliss-reactive ketones (excluding diaryl/α,β-unsaturated/α-hetero) is 2. The summed E-state index contributed by atoms with van der Waals surface area (Å²) >= 11 is 0. The third-order valence-corrected chi connectivity index (χ3v) is 8.71. The Morgan fingerprint density at radius 3 is 2.43 bits per heavy atom. The van der Waals surface area contributed by atoms with E-state index in [4.69, 9.17) is 9.47 Å². The molecule has 1 amide bonds. The van der Waals surface area contributed by atoms with Crippen molar-refractivity contribution in [1.29, 1.82) is 0 Å². The lowest BCUT2D eigenvalue weighted by Crippen LogP contribution is -2.49. The van der Waals surface area contributed by atoms with Crippen molar-refractivity contribution in [3.05, 3.63) is 125 Å². The standard InChI is InChI=1S/C34H27N3O5/c1-41-26-15-14-21(19-27(26)42-2)30(38)28-29(31(39)25-13-7-8-17-35-25)37-18-16-20-9-3-4-10-22(20)32(37)34(28)23-11-5-6-12-24(23)36-33(34)40/h3-19,28-29,32H,1-2H3,(H,36,40)/t28-,29-,32-,34-/m1/s1. The van der Waals surface area contributed by atoms with Crippen molar-refractivity contribution < 1.29 is 23.9 Å². The summed E-state index contributed by atoms with van der Waals surface area (Å²) < 4.78 is 10.9. The highest BCUT2D eigenvalue weighted by atomic mass is 16.5. The van der Waals surface area contributed by atoms with E-state index >= 15 is 0 Å². The van der Waals surface area contributed by atoms with Gasteiger partial charge in [-0.25, -0.2) is 0 Å². The first-order valence-electron chi connectivity index (χ1n) is 13.7. The molecule has 1 aromatic heterocycles. The molecule has 208 valence electrons. The van der Waals surface area contributed by atoms with Crippen LogP contribution < -0.4 is 14.8 Å². The van der Waals surface area contributed by atoms with Gasteiger partial charge < -0.3 is 19.7 Å². The monoisotopic (exact) mass is 557 g/mol. The number of hydrogen-bond donors (Lipinski definition) is 1. The fourth-order valence-electron chi connectivity index (χ4n) is 7.00. The maximum absolute atomic E-state index is 14.9. The maximum Gasteiger partial charge on any atom is 0.238 e. The number of para-hydroxylation sites is 1. The molecule has 42 heavy (non-hydrogen) atoms. The number of carbonyl (C=O) groups excluding carboxylic acids is 3. The van der Waals surface area contributed by atoms with Crippen molar-refractivity contribution in [2.75, 3.05) is 19.5 Å². The lowest BCUT2D eigenvalue weighted by Gasteiger charge is -2.38. The molecule has 0 radical (unpaired) electrons. The van der Waals surface area contributed by atoms with Crippen LogP contribution in [0.15, 0.2) is 97.3 Å². The van der Waals surface area contributed by atoms with Crippen LogP contribution in [0.2, 0.25) is 0 Å². The molecular formula is C34H27N3O5. The molecule has 1 N–H and O–H groups in total. The highest BCUT2D eigenvalue weighted by molar-refractivity contribution is 6.16. The summed E-state index contributed by atoms with van der Waals surface area (Å²) in [5.74, 6) is -1.26. The molecule has 0 bridgehead atoms. The zero-order valence-corrected chi connectivity index (χ0v) is 23.0. The lowest BCUT2D eigenvalue weighted by atomic mass is 9.62. The van der Waals surface area contributed by atoms with Gasteiger partial charge in [0.15, 0.2) is 17.3 Å². The number of rotatable bonds is 6. The first-order chi connectivity index (χ1) is 20.5. The van der Waals surface area contributed by atoms with E-state index in [1.165, 1.54) is 14.2 Å². The van der Waals surface area contributed by atoms with Gasteiger partial charge in [0.25, 0.3) is 0 Å². The van der Waals surface area contributed by atoms with E-state index in [9.17, 15) is 14.4 Å². The van der Waals surface area contributed by atoms with Gasteiger partial charge in [-0.2, -0.15) is 0 Å². The number of benzene rings is 3. The van der Waals surface area contributed by atoms with E-state index in [-0.39, 0.29) is 23.2 Å². The van der Waals surface area contributed by atoms with Gasteiger partial charge in [-0.1, -0.05) is 48.5 Å². The van der Waals surface area contributed by atoms with Gasteiger partial charge in [-0.05, 0) is 59.2 Å². The normalized spacial score (nSPS) is 23.1. The Morgan fingerprint density at radius 2 is 1.64 bits per heavy atom. The molecular weight excluding hydrogens is 530 g/mol. The summed E-state index contributed by atoms with van der Waals surface area (Å²) in [6.45, 7) is 0. The number of ketones is 2. The molecule has 3 aliphatic rings. The molecule has 4 atom stereocenters. The van der Waals surface area contributed by atoms with Crippen LogP contribution in [0, 0.1) is 5.92 Å². The highest BCUT2D eigenvalue weighted by Crippen LogP contribution is 2.62. The van der Waals surface area contributed by atoms with Gasteiger partial charge in [0.2, 0.25) is 11.7 Å². The van der Waals surface area contributed by atoms with Crippen LogP contribution in [0.4, 0.5) is 5.69 Å². The first kappa shape index (κ1) is 25.7. The highest BCUT2D eigenvalue weighted by Gasteiger charge is 2.70. The van der Waals surface area contributed by atoms with Crippen LogP contribution in [-0.4, -0.2) is 47.6 Å². The topological polar surface area (TPSA) is 97.8 Å². The van der Waals surface area contributed by atoms with E-state index in [0.29, 0.717) is 28.3 Å². The molecule has 0 saturated carbocycles. The number of anilines is 1. The smallest absolute Gasteiger partial charge is 0.238 e. The second-order valence-electron chi connectivity index (χ2n) is 10.6. The summed E-state index contributed by atoms with van der Waals surface area (Å²) in [4.78, 5) is 50.2. The molecule has 0 unspecified atom stereocenters. The Morgan fingerprint density at radius 1 is 0.881 bits per heavy atom. The number of aromatic nitrogens is 1. The van der Waals surface area contributed by atoms with E-state index < -0.39 is 23.4 Å². The zero-order chi connectivity index (χ0) is 29.0. The number of hydrogen-bond acceptors (Lipinski definition) is 7. The third kappa shape index (κ3) is 3.48. The molecule has 0 aliphatic carbocycles. The van der Waals surface area contributed by atoms with E-state index in [1.54, 1.807) is 42.6 Å². The Balaban J connectivity index is 1.53. The van der Waals surface area contributed by atoms with Gasteiger partial charge in [-0.15, -0.1) is 0 Å². The molecule has 1 spiro atoms. The minimum Gasteiger partial charge on any atom is -0.493 e. The van der Waals surface area contributed by atoms with Crippen LogP contribution in [0.5, 0.6) is 11.5 Å². The van der Waals surface area contributed by atoms with Crippen LogP contribution in [-0.2, 0) is 10.2 Å². The van der Waals surface area contributed by atoms with Crippen molar-refractivity contribution in [2.45, 2.75) is 17.5 Å². The third-order valence-electron chi connectivity index (χ3n) is 8.71. The van der Waals surface area contributed by atoms with Gasteiger partial charge in [-0.3, -0.25) is 19.4 Å². The number of nitrogens with zero attached hydrogens (tertiary/aromatic N) is 2. The van der Waals surface area contributed by atoms with Crippen molar-refractivity contribution >= 4 is 29.2 Å². The fourth-order valence-corrected chi connectivity index (χ4v) is 7.00. The molecule has 3 aromatic carbocycles. The van der Waals surface area contributed by atoms with Gasteiger partial charge in [0, 0.05) is 23.6 Å². The van der Waals surface area contributed by atoms with E-state index in [0.717, 1.165) is 11.1 Å². The van der Waals surface area contributed by atoms with Gasteiger partial charge >= 0.3 is 0 Å². The molecule has 1 fully saturated rings. The van der Waals surface area contributed by atoms with E-state index in [2.05, 4.69) is 10.3 Å². The van der Waals surface area contributed by atoms with Crippen LogP contribution in [0.1, 0.15) is 43.6 Å². The molecule has 4 aromatic rings. The largest absolute Gasteiger partial charge is 0.493 e. The molecule has 4 heterocycles. The number of pyridine rings is 1. The Labute approximate surface area is 242 Å². The lowest BCUT2D eigenvalue weighted by molar-refractivity contribution is -0.122. The van der Waals surface area contributed by atoms with Gasteiger partial charge in [0.05, 0.1) is 26.2 Å². The number of nitrogens with one attached hydrogen (secondary N) is 1. The zero-order valence-electron chi connectivity index (χ0n) is 23.0. The SMILES string of the molecule is COc1ccc(C(=O)[C@H]2[C@H](C(=O)c3ccccn3)N3C=Cc4ccccc4[C@@H]3[C@]23C(=O)Nc2ccccc23)cc1OC. The van der Waals surface area contributed by atoms with E-state index in [1.807, 2.05) is 65.7 Å². The molecule has 8 heteroatoms. The number of amides is 1. The Kier molecular flexibility index (Phi) is 5.93. The Hall–Kier alpha value is -5.24. The van der Waals surface area contributed by atoms with Crippen molar-refractivity contribution in [3.63, 3.8) is 0 Å². The summed E-state index contributed by atoms with van der Waals surface area (Å²) in [6.07, 6.45) is 5.33. The second kappa shape index (κ2) is 9.69. The van der Waals surface area contributed by atoms with Crippen molar-refractivity contribution in [2.24, 2.45) is 5.92 Å². The summed E-state index contributed by atoms with van der Waals surface area (Å²) in [7, 11) is 3.02. The molecule has 1 saturated heterocycles. The molecule has 3 aliphatic heterocycles. The predicted octanol–water partition coefficient (Wildman–Crippen LogP) is 5.08. The fraction of sp³-hybridized carbons (Fsp3) is 0.176. The first-order valence-corrected chi connectivity index (χ1v) is 13.7. The number of fused-ring (bicyclic) bond motifs is 6. The predicted molar refractivity (Wildman–Crippen MR) is 157 cm³/mol. The number of carbonyl (C=O) groups is 3. The second-order valence-corrected chi connectivity index (χ2v) is 10.6. The number of ether oxygens (including phenoxy) is 2. The minimum absolute atomic E-state index is 0.224. The van der Waals surface area contributed by atoms with Gasteiger partial charge in [0.1, 0.15) is 17.2 Å². The van der Waals surface area contributed by atoms with Crippen LogP contribution in [0.3, 0.4) is 0 Å². The summed E-state index contributed by atoms with van der Waals surface area (Å²) in [6, 6.07) is 23.6.